The molecule has 0 N–H and O–H groups in total. The quantitative estimate of drug-likeness (QED) is 0.664. The number of hydrogen-bond donors (Lipinski definition) is 0. The summed E-state index contributed by atoms with van der Waals surface area (Å²) in [7, 11) is 1.37. The van der Waals surface area contributed by atoms with Gasteiger partial charge in [-0.05, 0) is 36.4 Å². The van der Waals surface area contributed by atoms with Crippen molar-refractivity contribution in [1.29, 1.82) is 0 Å². The van der Waals surface area contributed by atoms with Crippen LogP contribution in [0.15, 0.2) is 36.4 Å². The van der Waals surface area contributed by atoms with Crippen molar-refractivity contribution < 1.29 is 13.5 Å². The van der Waals surface area contributed by atoms with E-state index < -0.39 is 11.6 Å². The van der Waals surface area contributed by atoms with E-state index >= 15 is 0 Å². The molecule has 0 aliphatic rings. The number of rotatable bonds is 2. The molecule has 0 unspecified atom stereocenters. The summed E-state index contributed by atoms with van der Waals surface area (Å²) in [6.07, 6.45) is 0. The molecule has 3 nitrogen and oxygen atoms in total. The molecule has 0 fully saturated rings. The second kappa shape index (κ2) is 5.26. The second-order valence-electron chi connectivity index (χ2n) is 4.35. The number of fused-ring (bicyclic) bond motifs is 1. The number of methoxy groups -OCH3 is 1. The van der Waals surface area contributed by atoms with Gasteiger partial charge in [0, 0.05) is 10.9 Å². The minimum atomic E-state index is -0.477. The Morgan fingerprint density at radius 2 is 1.86 bits per heavy atom. The highest BCUT2D eigenvalue weighted by molar-refractivity contribution is 6.34. The van der Waals surface area contributed by atoms with Gasteiger partial charge in [-0.2, -0.15) is 0 Å². The summed E-state index contributed by atoms with van der Waals surface area (Å²) in [5.41, 5.74) is 1.07. The van der Waals surface area contributed by atoms with E-state index in [4.69, 9.17) is 16.3 Å². The standard InChI is InChI=1S/C15H9ClF2N2O/c1-21-13-6-8(2-4-11(13)18)15-19-12-5-3-9(17)7-10(12)14(16)20-15/h2-7H,1H3. The van der Waals surface area contributed by atoms with Gasteiger partial charge in [-0.1, -0.05) is 11.6 Å². The molecule has 0 atom stereocenters. The molecule has 106 valence electrons. The first-order valence-electron chi connectivity index (χ1n) is 6.05. The summed E-state index contributed by atoms with van der Waals surface area (Å²) in [4.78, 5) is 8.44. The molecule has 0 amide bonds. The van der Waals surface area contributed by atoms with Gasteiger partial charge in [-0.25, -0.2) is 18.7 Å². The Labute approximate surface area is 124 Å². The summed E-state index contributed by atoms with van der Waals surface area (Å²) in [6.45, 7) is 0. The minimum absolute atomic E-state index is 0.0893. The summed E-state index contributed by atoms with van der Waals surface area (Å²) in [5, 5.41) is 0.562. The zero-order chi connectivity index (χ0) is 15.0. The number of aromatic nitrogens is 2. The largest absolute Gasteiger partial charge is 0.494 e. The van der Waals surface area contributed by atoms with Crippen molar-refractivity contribution >= 4 is 22.5 Å². The van der Waals surface area contributed by atoms with Crippen LogP contribution in [0, 0.1) is 11.6 Å². The SMILES string of the molecule is COc1cc(-c2nc(Cl)c3cc(F)ccc3n2)ccc1F. The van der Waals surface area contributed by atoms with Crippen LogP contribution in [0.2, 0.25) is 5.15 Å². The van der Waals surface area contributed by atoms with Crippen LogP contribution < -0.4 is 4.74 Å². The Morgan fingerprint density at radius 1 is 1.05 bits per heavy atom. The lowest BCUT2D eigenvalue weighted by Gasteiger charge is -2.07. The van der Waals surface area contributed by atoms with Crippen molar-refractivity contribution in [3.8, 4) is 17.1 Å². The molecule has 1 aromatic heterocycles. The van der Waals surface area contributed by atoms with Gasteiger partial charge in [-0.15, -0.1) is 0 Å². The average molecular weight is 307 g/mol. The first-order valence-corrected chi connectivity index (χ1v) is 6.43. The van der Waals surface area contributed by atoms with Crippen LogP contribution >= 0.6 is 11.6 Å². The van der Waals surface area contributed by atoms with Gasteiger partial charge in [-0.3, -0.25) is 0 Å². The highest BCUT2D eigenvalue weighted by Gasteiger charge is 2.11. The molecule has 2 aromatic carbocycles. The molecule has 3 rings (SSSR count). The first kappa shape index (κ1) is 13.7. The fraction of sp³-hybridized carbons (Fsp3) is 0.0667. The van der Waals surface area contributed by atoms with Crippen molar-refractivity contribution in [2.24, 2.45) is 0 Å². The molecule has 0 saturated carbocycles. The van der Waals surface area contributed by atoms with E-state index in [1.54, 1.807) is 0 Å². The maximum Gasteiger partial charge on any atom is 0.165 e. The zero-order valence-corrected chi connectivity index (χ0v) is 11.7. The summed E-state index contributed by atoms with van der Waals surface area (Å²) < 4.78 is 31.6. The van der Waals surface area contributed by atoms with Gasteiger partial charge in [0.05, 0.1) is 12.6 Å². The summed E-state index contributed by atoms with van der Waals surface area (Å²) >= 11 is 6.07. The Bertz CT molecular complexity index is 839. The van der Waals surface area contributed by atoms with Crippen LogP contribution in [0.4, 0.5) is 8.78 Å². The van der Waals surface area contributed by atoms with Gasteiger partial charge in [0.15, 0.2) is 17.4 Å². The summed E-state index contributed by atoms with van der Waals surface area (Å²) in [5.74, 6) is -0.483. The smallest absolute Gasteiger partial charge is 0.165 e. The lowest BCUT2D eigenvalue weighted by Crippen LogP contribution is -1.94. The molecule has 3 aromatic rings. The van der Waals surface area contributed by atoms with E-state index in [9.17, 15) is 8.78 Å². The second-order valence-corrected chi connectivity index (χ2v) is 4.71. The van der Waals surface area contributed by atoms with Gasteiger partial charge in [0.25, 0.3) is 0 Å². The fourth-order valence-corrected chi connectivity index (χ4v) is 2.22. The molecule has 6 heteroatoms. The normalized spacial score (nSPS) is 10.9. The van der Waals surface area contributed by atoms with Crippen molar-refractivity contribution in [2.45, 2.75) is 0 Å². The molecule has 0 saturated heterocycles. The highest BCUT2D eigenvalue weighted by atomic mass is 35.5. The number of nitrogens with zero attached hydrogens (tertiary/aromatic N) is 2. The van der Waals surface area contributed by atoms with E-state index in [2.05, 4.69) is 9.97 Å². The predicted octanol–water partition coefficient (Wildman–Crippen LogP) is 4.24. The van der Waals surface area contributed by atoms with E-state index in [1.165, 1.54) is 43.5 Å². The molecule has 1 heterocycles. The molecule has 0 spiro atoms. The van der Waals surface area contributed by atoms with Gasteiger partial charge < -0.3 is 4.74 Å². The molecule has 0 aliphatic carbocycles. The number of halogens is 3. The van der Waals surface area contributed by atoms with Gasteiger partial charge in [0.1, 0.15) is 11.0 Å². The molecule has 0 radical (unpaired) electrons. The van der Waals surface area contributed by atoms with Gasteiger partial charge in [0.2, 0.25) is 0 Å². The Kier molecular flexibility index (Phi) is 3.43. The minimum Gasteiger partial charge on any atom is -0.494 e. The van der Waals surface area contributed by atoms with E-state index in [1.807, 2.05) is 0 Å². The van der Waals surface area contributed by atoms with Crippen molar-refractivity contribution in [2.75, 3.05) is 7.11 Å². The molecular formula is C15H9ClF2N2O. The van der Waals surface area contributed by atoms with Crippen LogP contribution in [0.3, 0.4) is 0 Å². The summed E-state index contributed by atoms with van der Waals surface area (Å²) in [6, 6.07) is 8.35. The number of benzene rings is 2. The highest BCUT2D eigenvalue weighted by Crippen LogP contribution is 2.28. The predicted molar refractivity (Wildman–Crippen MR) is 76.5 cm³/mol. The van der Waals surface area contributed by atoms with Crippen LogP contribution in [0.25, 0.3) is 22.3 Å². The lowest BCUT2D eigenvalue weighted by atomic mass is 10.1. The van der Waals surface area contributed by atoms with E-state index in [0.717, 1.165) is 0 Å². The molecular weight excluding hydrogens is 298 g/mol. The Hall–Kier alpha value is -2.27. The maximum absolute atomic E-state index is 13.4. The third-order valence-corrected chi connectivity index (χ3v) is 3.31. The number of hydrogen-bond acceptors (Lipinski definition) is 3. The first-order chi connectivity index (χ1) is 10.1. The van der Waals surface area contributed by atoms with Crippen LogP contribution in [0.5, 0.6) is 5.75 Å². The zero-order valence-electron chi connectivity index (χ0n) is 10.9. The van der Waals surface area contributed by atoms with Crippen LogP contribution in [0.1, 0.15) is 0 Å². The molecule has 21 heavy (non-hydrogen) atoms. The van der Waals surface area contributed by atoms with Crippen molar-refractivity contribution in [3.05, 3.63) is 53.2 Å². The van der Waals surface area contributed by atoms with Crippen molar-refractivity contribution in [3.63, 3.8) is 0 Å². The van der Waals surface area contributed by atoms with E-state index in [-0.39, 0.29) is 10.9 Å². The topological polar surface area (TPSA) is 35.0 Å². The Morgan fingerprint density at radius 3 is 2.62 bits per heavy atom. The van der Waals surface area contributed by atoms with Gasteiger partial charge >= 0.3 is 0 Å². The third-order valence-electron chi connectivity index (χ3n) is 3.02. The molecule has 0 aliphatic heterocycles. The fourth-order valence-electron chi connectivity index (χ4n) is 1.99. The van der Waals surface area contributed by atoms with Crippen LogP contribution in [-0.2, 0) is 0 Å². The Balaban J connectivity index is 2.19. The van der Waals surface area contributed by atoms with Crippen LogP contribution in [-0.4, -0.2) is 17.1 Å². The average Bonchev–Trinajstić information content (AvgIpc) is 2.48. The monoisotopic (exact) mass is 306 g/mol. The third kappa shape index (κ3) is 2.52. The number of ether oxygens (including phenoxy) is 1. The van der Waals surface area contributed by atoms with Crippen molar-refractivity contribution in [1.82, 2.24) is 9.97 Å². The van der Waals surface area contributed by atoms with E-state index in [0.29, 0.717) is 22.3 Å². The maximum atomic E-state index is 13.4. The lowest BCUT2D eigenvalue weighted by molar-refractivity contribution is 0.387. The molecule has 0 bridgehead atoms.